The van der Waals surface area contributed by atoms with Gasteiger partial charge in [-0.05, 0) is 29.5 Å². The topological polar surface area (TPSA) is 43.8 Å². The largest absolute Gasteiger partial charge is 0.383 e. The van der Waals surface area contributed by atoms with E-state index in [9.17, 15) is 0 Å². The lowest BCUT2D eigenvalue weighted by Gasteiger charge is -2.16. The van der Waals surface area contributed by atoms with Crippen LogP contribution in [0.25, 0.3) is 0 Å². The van der Waals surface area contributed by atoms with Crippen LogP contribution >= 0.6 is 23.2 Å². The predicted molar refractivity (Wildman–Crippen MR) is 85.4 cm³/mol. The zero-order valence-corrected chi connectivity index (χ0v) is 13.5. The molecule has 0 fully saturated rings. The second-order valence-corrected chi connectivity index (χ2v) is 6.99. The average Bonchev–Trinajstić information content (AvgIpc) is 2.56. The second-order valence-electron chi connectivity index (χ2n) is 6.17. The maximum atomic E-state index is 6.28. The fourth-order valence-electron chi connectivity index (χ4n) is 2.05. The van der Waals surface area contributed by atoms with E-state index in [1.807, 2.05) is 24.3 Å². The number of halogens is 2. The molecular formula is C15H19Cl2N3. The highest BCUT2D eigenvalue weighted by molar-refractivity contribution is 6.33. The number of aromatic nitrogens is 2. The highest BCUT2D eigenvalue weighted by atomic mass is 35.5. The molecule has 0 bridgehead atoms. The third-order valence-corrected chi connectivity index (χ3v) is 3.56. The molecule has 0 aliphatic heterocycles. The van der Waals surface area contributed by atoms with Gasteiger partial charge in [0.1, 0.15) is 10.8 Å². The lowest BCUT2D eigenvalue weighted by Crippen LogP contribution is -2.11. The van der Waals surface area contributed by atoms with Crippen molar-refractivity contribution in [3.8, 4) is 0 Å². The van der Waals surface area contributed by atoms with Crippen LogP contribution in [0, 0.1) is 5.41 Å². The molecule has 0 atom stereocenters. The molecule has 1 aromatic carbocycles. The molecule has 2 aromatic rings. The maximum Gasteiger partial charge on any atom is 0.141 e. The monoisotopic (exact) mass is 311 g/mol. The summed E-state index contributed by atoms with van der Waals surface area (Å²) in [6.45, 7) is 7.01. The Bertz CT molecular complexity index is 612. The minimum atomic E-state index is 0.116. The van der Waals surface area contributed by atoms with E-state index in [0.717, 1.165) is 17.7 Å². The molecule has 0 saturated heterocycles. The van der Waals surface area contributed by atoms with E-state index in [2.05, 4.69) is 25.9 Å². The van der Waals surface area contributed by atoms with Gasteiger partial charge in [0.2, 0.25) is 0 Å². The second kappa shape index (κ2) is 5.66. The minimum absolute atomic E-state index is 0.116. The van der Waals surface area contributed by atoms with Crippen molar-refractivity contribution in [1.29, 1.82) is 0 Å². The molecule has 2 N–H and O–H groups in total. The van der Waals surface area contributed by atoms with Gasteiger partial charge in [-0.1, -0.05) is 56.1 Å². The number of nitrogen functional groups attached to an aromatic ring is 1. The molecular weight excluding hydrogens is 293 g/mol. The van der Waals surface area contributed by atoms with Crippen LogP contribution in [0.3, 0.4) is 0 Å². The van der Waals surface area contributed by atoms with Gasteiger partial charge in [0.25, 0.3) is 0 Å². The summed E-state index contributed by atoms with van der Waals surface area (Å²) in [6.07, 6.45) is 0.790. The van der Waals surface area contributed by atoms with Crippen molar-refractivity contribution < 1.29 is 0 Å². The molecule has 3 nitrogen and oxygen atoms in total. The van der Waals surface area contributed by atoms with Gasteiger partial charge >= 0.3 is 0 Å². The quantitative estimate of drug-likeness (QED) is 0.912. The Morgan fingerprint density at radius 1 is 1.25 bits per heavy atom. The maximum absolute atomic E-state index is 6.28. The lowest BCUT2D eigenvalue weighted by molar-refractivity contribution is 0.404. The first-order chi connectivity index (χ1) is 9.26. The van der Waals surface area contributed by atoms with Crippen molar-refractivity contribution in [3.05, 3.63) is 45.6 Å². The number of anilines is 1. The number of hydrogen-bond donors (Lipinski definition) is 1. The SMILES string of the molecule is CC(C)(C)Cc1nn(Cc2cccc(Cl)c2)c(N)c1Cl. The molecule has 1 aromatic heterocycles. The van der Waals surface area contributed by atoms with Crippen molar-refractivity contribution in [3.63, 3.8) is 0 Å². The molecule has 2 rings (SSSR count). The Morgan fingerprint density at radius 2 is 1.95 bits per heavy atom. The van der Waals surface area contributed by atoms with E-state index in [-0.39, 0.29) is 5.41 Å². The van der Waals surface area contributed by atoms with Crippen LogP contribution < -0.4 is 5.73 Å². The Balaban J connectivity index is 2.27. The first kappa shape index (κ1) is 15.2. The Hall–Kier alpha value is -1.19. The number of hydrogen-bond acceptors (Lipinski definition) is 2. The van der Waals surface area contributed by atoms with Crippen LogP contribution in [-0.2, 0) is 13.0 Å². The summed E-state index contributed by atoms with van der Waals surface area (Å²) in [6, 6.07) is 7.65. The molecule has 108 valence electrons. The van der Waals surface area contributed by atoms with Gasteiger partial charge in [0.05, 0.1) is 12.2 Å². The fourth-order valence-corrected chi connectivity index (χ4v) is 2.46. The predicted octanol–water partition coefficient (Wildman–Crippen LogP) is 4.41. The van der Waals surface area contributed by atoms with Crippen LogP contribution in [0.15, 0.2) is 24.3 Å². The van der Waals surface area contributed by atoms with Crippen molar-refractivity contribution >= 4 is 29.0 Å². The molecule has 0 spiro atoms. The summed E-state index contributed by atoms with van der Waals surface area (Å²) in [5.41, 5.74) is 8.05. The summed E-state index contributed by atoms with van der Waals surface area (Å²) in [5, 5.41) is 5.80. The van der Waals surface area contributed by atoms with Crippen molar-refractivity contribution in [1.82, 2.24) is 9.78 Å². The minimum Gasteiger partial charge on any atom is -0.383 e. The first-order valence-electron chi connectivity index (χ1n) is 6.51. The Labute approximate surface area is 129 Å². The zero-order valence-electron chi connectivity index (χ0n) is 12.0. The smallest absolute Gasteiger partial charge is 0.141 e. The highest BCUT2D eigenvalue weighted by Gasteiger charge is 2.20. The molecule has 0 amide bonds. The molecule has 0 unspecified atom stereocenters. The summed E-state index contributed by atoms with van der Waals surface area (Å²) in [5.74, 6) is 0.505. The van der Waals surface area contributed by atoms with Gasteiger partial charge in [-0.2, -0.15) is 5.10 Å². The van der Waals surface area contributed by atoms with E-state index in [0.29, 0.717) is 22.4 Å². The standard InChI is InChI=1S/C15H19Cl2N3/c1-15(2,3)8-12-13(17)14(18)20(19-12)9-10-5-4-6-11(16)7-10/h4-7H,8-9,18H2,1-3H3. The van der Waals surface area contributed by atoms with E-state index in [4.69, 9.17) is 28.9 Å². The first-order valence-corrected chi connectivity index (χ1v) is 7.27. The van der Waals surface area contributed by atoms with E-state index in [1.54, 1.807) is 4.68 Å². The van der Waals surface area contributed by atoms with E-state index in [1.165, 1.54) is 0 Å². The molecule has 1 heterocycles. The van der Waals surface area contributed by atoms with Gasteiger partial charge in [0.15, 0.2) is 0 Å². The van der Waals surface area contributed by atoms with E-state index < -0.39 is 0 Å². The highest BCUT2D eigenvalue weighted by Crippen LogP contribution is 2.29. The van der Waals surface area contributed by atoms with Crippen molar-refractivity contribution in [2.24, 2.45) is 5.41 Å². The van der Waals surface area contributed by atoms with Gasteiger partial charge in [-0.3, -0.25) is 0 Å². The lowest BCUT2D eigenvalue weighted by atomic mass is 9.91. The summed E-state index contributed by atoms with van der Waals surface area (Å²) >= 11 is 12.3. The van der Waals surface area contributed by atoms with Gasteiger partial charge in [-0.15, -0.1) is 0 Å². The summed E-state index contributed by atoms with van der Waals surface area (Å²) in [4.78, 5) is 0. The molecule has 0 radical (unpaired) electrons. The van der Waals surface area contributed by atoms with Gasteiger partial charge in [-0.25, -0.2) is 4.68 Å². The van der Waals surface area contributed by atoms with Crippen LogP contribution in [-0.4, -0.2) is 9.78 Å². The third-order valence-electron chi connectivity index (χ3n) is 2.92. The van der Waals surface area contributed by atoms with Crippen LogP contribution in [0.1, 0.15) is 32.0 Å². The zero-order chi connectivity index (χ0) is 14.9. The van der Waals surface area contributed by atoms with Gasteiger partial charge < -0.3 is 5.73 Å². The normalized spacial score (nSPS) is 11.8. The van der Waals surface area contributed by atoms with Crippen molar-refractivity contribution in [2.75, 3.05) is 5.73 Å². The number of nitrogens with two attached hydrogens (primary N) is 1. The summed E-state index contributed by atoms with van der Waals surface area (Å²) < 4.78 is 1.73. The molecule has 20 heavy (non-hydrogen) atoms. The Kier molecular flexibility index (Phi) is 4.31. The van der Waals surface area contributed by atoms with Gasteiger partial charge in [0, 0.05) is 5.02 Å². The van der Waals surface area contributed by atoms with Crippen molar-refractivity contribution in [2.45, 2.75) is 33.7 Å². The fraction of sp³-hybridized carbons (Fsp3) is 0.400. The molecule has 0 saturated carbocycles. The van der Waals surface area contributed by atoms with E-state index >= 15 is 0 Å². The van der Waals surface area contributed by atoms with Crippen LogP contribution in [0.5, 0.6) is 0 Å². The third kappa shape index (κ3) is 3.68. The molecule has 5 heteroatoms. The van der Waals surface area contributed by atoms with Crippen LogP contribution in [0.2, 0.25) is 10.0 Å². The molecule has 0 aliphatic carbocycles. The number of benzene rings is 1. The summed E-state index contributed by atoms with van der Waals surface area (Å²) in [7, 11) is 0. The number of rotatable bonds is 3. The van der Waals surface area contributed by atoms with Crippen LogP contribution in [0.4, 0.5) is 5.82 Å². The Morgan fingerprint density at radius 3 is 2.55 bits per heavy atom. The number of nitrogens with zero attached hydrogens (tertiary/aromatic N) is 2. The molecule has 0 aliphatic rings. The average molecular weight is 312 g/mol.